The van der Waals surface area contributed by atoms with E-state index < -0.39 is 10.0 Å². The molecule has 0 saturated heterocycles. The van der Waals surface area contributed by atoms with Gasteiger partial charge in [-0.2, -0.15) is 0 Å². The topological polar surface area (TPSA) is 110 Å². The zero-order valence-corrected chi connectivity index (χ0v) is 18.3. The van der Waals surface area contributed by atoms with Crippen molar-refractivity contribution >= 4 is 48.3 Å². The van der Waals surface area contributed by atoms with E-state index in [-0.39, 0.29) is 10.8 Å². The zero-order chi connectivity index (χ0) is 22.0. The first kappa shape index (κ1) is 20.8. The lowest BCUT2D eigenvalue weighted by molar-refractivity contribution is -0.114. The zero-order valence-electron chi connectivity index (χ0n) is 16.6. The highest BCUT2D eigenvalue weighted by molar-refractivity contribution is 7.92. The minimum absolute atomic E-state index is 0.121. The highest BCUT2D eigenvalue weighted by Gasteiger charge is 2.15. The maximum absolute atomic E-state index is 12.7. The normalized spacial score (nSPS) is 11.3. The van der Waals surface area contributed by atoms with Crippen molar-refractivity contribution in [2.24, 2.45) is 0 Å². The average molecular weight is 455 g/mol. The fraction of sp³-hybridized carbons (Fsp3) is 0.0952. The van der Waals surface area contributed by atoms with Gasteiger partial charge in [-0.25, -0.2) is 13.4 Å². The number of methoxy groups -OCH3 is 1. The highest BCUT2D eigenvalue weighted by Crippen LogP contribution is 2.31. The quantitative estimate of drug-likeness (QED) is 0.453. The molecule has 0 unspecified atom stereocenters. The fourth-order valence-electron chi connectivity index (χ4n) is 2.93. The summed E-state index contributed by atoms with van der Waals surface area (Å²) >= 11 is 1.36. The lowest BCUT2D eigenvalue weighted by Crippen LogP contribution is -2.13. The molecule has 2 aromatic heterocycles. The van der Waals surface area contributed by atoms with E-state index in [0.717, 1.165) is 21.3 Å². The third kappa shape index (κ3) is 4.65. The Balaban J connectivity index is 1.61. The molecule has 158 valence electrons. The van der Waals surface area contributed by atoms with E-state index in [0.29, 0.717) is 16.6 Å². The molecule has 0 bridgehead atoms. The van der Waals surface area contributed by atoms with Crippen LogP contribution in [0.15, 0.2) is 65.8 Å². The molecule has 2 heterocycles. The number of ether oxygens (including phenoxy) is 1. The third-order valence-corrected chi connectivity index (χ3v) is 6.70. The number of sulfonamides is 1. The number of benzene rings is 2. The fourth-order valence-corrected chi connectivity index (χ4v) is 4.92. The first-order chi connectivity index (χ1) is 14.8. The largest absolute Gasteiger partial charge is 0.497 e. The molecule has 0 saturated carbocycles. The number of pyridine rings is 1. The number of fused-ring (bicyclic) bond motifs is 1. The van der Waals surface area contributed by atoms with Gasteiger partial charge in [-0.05, 0) is 48.0 Å². The SMILES string of the molecule is COc1ccc(S(=O)(=O)Nc2cncc(-c3ccc4nc(NC(C)=O)sc4c3)c2)cc1. The monoisotopic (exact) mass is 454 g/mol. The predicted molar refractivity (Wildman–Crippen MR) is 121 cm³/mol. The molecular weight excluding hydrogens is 436 g/mol. The number of hydrogen-bond acceptors (Lipinski definition) is 7. The molecule has 0 aliphatic rings. The van der Waals surface area contributed by atoms with E-state index in [4.69, 9.17) is 4.74 Å². The number of hydrogen-bond donors (Lipinski definition) is 2. The van der Waals surface area contributed by atoms with Crippen molar-refractivity contribution in [3.63, 3.8) is 0 Å². The van der Waals surface area contributed by atoms with Gasteiger partial charge in [0.1, 0.15) is 5.75 Å². The van der Waals surface area contributed by atoms with Crippen LogP contribution in [0.4, 0.5) is 10.8 Å². The standard InChI is InChI=1S/C21H18N4O4S2/c1-13(26)23-21-24-19-8-3-14(10-20(19)30-21)15-9-16(12-22-11-15)25-31(27,28)18-6-4-17(29-2)5-7-18/h3-12,25H,1-2H3,(H,23,24,26). The Morgan fingerprint density at radius 1 is 1.03 bits per heavy atom. The van der Waals surface area contributed by atoms with Crippen LogP contribution in [-0.4, -0.2) is 31.4 Å². The van der Waals surface area contributed by atoms with E-state index >= 15 is 0 Å². The van der Waals surface area contributed by atoms with Crippen molar-refractivity contribution < 1.29 is 17.9 Å². The van der Waals surface area contributed by atoms with Gasteiger partial charge >= 0.3 is 0 Å². The van der Waals surface area contributed by atoms with E-state index in [1.165, 1.54) is 43.7 Å². The number of nitrogens with one attached hydrogen (secondary N) is 2. The molecule has 0 spiro atoms. The van der Waals surface area contributed by atoms with Crippen LogP contribution in [0.1, 0.15) is 6.92 Å². The lowest BCUT2D eigenvalue weighted by atomic mass is 10.1. The summed E-state index contributed by atoms with van der Waals surface area (Å²) in [7, 11) is -2.26. The number of anilines is 2. The van der Waals surface area contributed by atoms with E-state index in [9.17, 15) is 13.2 Å². The van der Waals surface area contributed by atoms with Crippen LogP contribution in [0.25, 0.3) is 21.3 Å². The van der Waals surface area contributed by atoms with Crippen LogP contribution < -0.4 is 14.8 Å². The second-order valence-electron chi connectivity index (χ2n) is 6.63. The average Bonchev–Trinajstić information content (AvgIpc) is 3.14. The Hall–Kier alpha value is -3.50. The molecule has 1 amide bonds. The molecule has 4 aromatic rings. The van der Waals surface area contributed by atoms with Crippen LogP contribution in [0, 0.1) is 0 Å². The molecule has 0 aliphatic heterocycles. The van der Waals surface area contributed by atoms with Crippen molar-refractivity contribution in [2.45, 2.75) is 11.8 Å². The minimum Gasteiger partial charge on any atom is -0.497 e. The Labute approximate surface area is 183 Å². The summed E-state index contributed by atoms with van der Waals surface area (Å²) in [5.74, 6) is 0.392. The Bertz CT molecular complexity index is 1370. The van der Waals surface area contributed by atoms with E-state index in [1.807, 2.05) is 18.2 Å². The third-order valence-electron chi connectivity index (χ3n) is 4.36. The number of aromatic nitrogens is 2. The molecule has 4 rings (SSSR count). The summed E-state index contributed by atoms with van der Waals surface area (Å²) in [6, 6.07) is 13.5. The molecule has 0 aliphatic carbocycles. The Morgan fingerprint density at radius 2 is 1.81 bits per heavy atom. The van der Waals surface area contributed by atoms with Crippen molar-refractivity contribution in [2.75, 3.05) is 17.1 Å². The molecular formula is C21H18N4O4S2. The Morgan fingerprint density at radius 3 is 2.52 bits per heavy atom. The number of carbonyl (C=O) groups is 1. The van der Waals surface area contributed by atoms with E-state index in [1.54, 1.807) is 24.4 Å². The van der Waals surface area contributed by atoms with Gasteiger partial charge in [-0.15, -0.1) is 0 Å². The van der Waals surface area contributed by atoms with Crippen molar-refractivity contribution in [3.8, 4) is 16.9 Å². The van der Waals surface area contributed by atoms with Gasteiger partial charge in [-0.1, -0.05) is 17.4 Å². The van der Waals surface area contributed by atoms with Gasteiger partial charge in [0.15, 0.2) is 5.13 Å². The molecule has 31 heavy (non-hydrogen) atoms. The molecule has 2 aromatic carbocycles. The second kappa shape index (κ2) is 8.32. The summed E-state index contributed by atoms with van der Waals surface area (Å²) in [6.07, 6.45) is 3.10. The van der Waals surface area contributed by atoms with Gasteiger partial charge < -0.3 is 10.1 Å². The summed E-state index contributed by atoms with van der Waals surface area (Å²) in [6.45, 7) is 1.43. The van der Waals surface area contributed by atoms with Crippen molar-refractivity contribution in [3.05, 3.63) is 60.9 Å². The number of carbonyl (C=O) groups excluding carboxylic acids is 1. The van der Waals surface area contributed by atoms with Crippen molar-refractivity contribution in [1.82, 2.24) is 9.97 Å². The van der Waals surface area contributed by atoms with E-state index in [2.05, 4.69) is 20.0 Å². The molecule has 10 heteroatoms. The van der Waals surface area contributed by atoms with Gasteiger partial charge in [-0.3, -0.25) is 14.5 Å². The summed E-state index contributed by atoms with van der Waals surface area (Å²) < 4.78 is 33.9. The molecule has 0 radical (unpaired) electrons. The first-order valence-corrected chi connectivity index (χ1v) is 11.4. The molecule has 0 atom stereocenters. The van der Waals surface area contributed by atoms with Crippen LogP contribution in [0.2, 0.25) is 0 Å². The Kier molecular flexibility index (Phi) is 5.57. The predicted octanol–water partition coefficient (Wildman–Crippen LogP) is 4.13. The summed E-state index contributed by atoms with van der Waals surface area (Å²) in [5, 5.41) is 3.21. The first-order valence-electron chi connectivity index (χ1n) is 9.14. The maximum Gasteiger partial charge on any atom is 0.261 e. The minimum atomic E-state index is -3.77. The second-order valence-corrected chi connectivity index (χ2v) is 9.34. The summed E-state index contributed by atoms with van der Waals surface area (Å²) in [4.78, 5) is 19.9. The van der Waals surface area contributed by atoms with Crippen LogP contribution in [0.3, 0.4) is 0 Å². The lowest BCUT2D eigenvalue weighted by Gasteiger charge is -2.10. The van der Waals surface area contributed by atoms with Crippen LogP contribution >= 0.6 is 11.3 Å². The van der Waals surface area contributed by atoms with Gasteiger partial charge in [0.25, 0.3) is 10.0 Å². The molecule has 8 nitrogen and oxygen atoms in total. The van der Waals surface area contributed by atoms with Crippen LogP contribution in [0.5, 0.6) is 5.75 Å². The highest BCUT2D eigenvalue weighted by atomic mass is 32.2. The van der Waals surface area contributed by atoms with Gasteiger partial charge in [0.2, 0.25) is 5.91 Å². The molecule has 0 fully saturated rings. The number of amides is 1. The number of rotatable bonds is 6. The van der Waals surface area contributed by atoms with Gasteiger partial charge in [0, 0.05) is 18.7 Å². The smallest absolute Gasteiger partial charge is 0.261 e. The van der Waals surface area contributed by atoms with Gasteiger partial charge in [0.05, 0.1) is 34.1 Å². The van der Waals surface area contributed by atoms with Crippen molar-refractivity contribution in [1.29, 1.82) is 0 Å². The summed E-state index contributed by atoms with van der Waals surface area (Å²) in [5.41, 5.74) is 2.70. The van der Waals surface area contributed by atoms with Crippen LogP contribution in [-0.2, 0) is 14.8 Å². The number of thiazole rings is 1. The molecule has 2 N–H and O–H groups in total. The number of nitrogens with zero attached hydrogens (tertiary/aromatic N) is 2. The maximum atomic E-state index is 12.7.